The van der Waals surface area contributed by atoms with Gasteiger partial charge in [-0.3, -0.25) is 9.59 Å². The summed E-state index contributed by atoms with van der Waals surface area (Å²) in [7, 11) is 0. The van der Waals surface area contributed by atoms with Crippen LogP contribution in [-0.4, -0.2) is 40.1 Å². The van der Waals surface area contributed by atoms with Crippen LogP contribution in [0.3, 0.4) is 0 Å². The van der Waals surface area contributed by atoms with E-state index in [1.54, 1.807) is 6.21 Å². The van der Waals surface area contributed by atoms with Crippen molar-refractivity contribution in [1.29, 1.82) is 0 Å². The number of benzene rings is 2. The van der Waals surface area contributed by atoms with Crippen molar-refractivity contribution in [3.05, 3.63) is 60.2 Å². The summed E-state index contributed by atoms with van der Waals surface area (Å²) >= 11 is 1.29. The number of aromatic amines is 1. The quantitative estimate of drug-likeness (QED) is 0.361. The topological polar surface area (TPSA) is 95.9 Å². The number of hydrogen-bond donors (Lipinski definition) is 2. The molecule has 152 valence electrons. The molecule has 0 bridgehead atoms. The minimum absolute atomic E-state index is 0.154. The van der Waals surface area contributed by atoms with Crippen LogP contribution < -0.4 is 5.32 Å². The van der Waals surface area contributed by atoms with Crippen LogP contribution in [-0.2, 0) is 14.3 Å². The fraction of sp³-hybridized carbons (Fsp3) is 0.182. The van der Waals surface area contributed by atoms with Gasteiger partial charge in [-0.25, -0.2) is 0 Å². The number of aromatic nitrogens is 1. The summed E-state index contributed by atoms with van der Waals surface area (Å²) in [4.78, 5) is 26.4. The summed E-state index contributed by atoms with van der Waals surface area (Å²) in [5.74, 6) is -0.511. The van der Waals surface area contributed by atoms with Crippen molar-refractivity contribution in [2.75, 3.05) is 6.61 Å². The molecule has 1 aliphatic rings. The number of rotatable bonds is 6. The van der Waals surface area contributed by atoms with E-state index in [2.05, 4.69) is 20.5 Å². The molecule has 0 saturated carbocycles. The van der Waals surface area contributed by atoms with Crippen molar-refractivity contribution in [2.24, 2.45) is 10.2 Å². The number of thioether (sulfide) groups is 1. The van der Waals surface area contributed by atoms with Gasteiger partial charge in [-0.15, -0.1) is 5.10 Å². The van der Waals surface area contributed by atoms with E-state index < -0.39 is 0 Å². The van der Waals surface area contributed by atoms with Gasteiger partial charge in [-0.2, -0.15) is 5.10 Å². The van der Waals surface area contributed by atoms with Crippen LogP contribution >= 0.6 is 11.8 Å². The number of carbonyl (C=O) groups excluding carboxylic acids is 2. The molecule has 1 aromatic heterocycles. The Morgan fingerprint density at radius 2 is 1.93 bits per heavy atom. The summed E-state index contributed by atoms with van der Waals surface area (Å²) in [5, 5.41) is 12.3. The average molecular weight is 420 g/mol. The molecular weight excluding hydrogens is 400 g/mol. The maximum absolute atomic E-state index is 12.1. The lowest BCUT2D eigenvalue weighted by molar-refractivity contribution is -0.141. The first-order valence-electron chi connectivity index (χ1n) is 9.50. The van der Waals surface area contributed by atoms with Gasteiger partial charge < -0.3 is 15.0 Å². The standard InChI is InChI=1S/C22H20N4O3S/c1-14(27)29-12-11-19-21(28)25-22(30-19)26-23-13-17-16-9-5-6-10-18(16)24-20(17)15-7-3-2-4-8-15/h2-10,13,19,24H,11-12H2,1H3,(H,25,26,28)/b23-13+. The number of nitrogens with one attached hydrogen (secondary N) is 2. The van der Waals surface area contributed by atoms with E-state index >= 15 is 0 Å². The van der Waals surface area contributed by atoms with E-state index in [9.17, 15) is 9.59 Å². The van der Waals surface area contributed by atoms with E-state index in [4.69, 9.17) is 4.74 Å². The average Bonchev–Trinajstić information content (AvgIpc) is 3.29. The maximum Gasteiger partial charge on any atom is 0.302 e. The molecule has 7 nitrogen and oxygen atoms in total. The molecule has 30 heavy (non-hydrogen) atoms. The van der Waals surface area contributed by atoms with Crippen LogP contribution in [0.4, 0.5) is 0 Å². The van der Waals surface area contributed by atoms with Crippen molar-refractivity contribution in [3.8, 4) is 11.3 Å². The molecule has 0 spiro atoms. The van der Waals surface area contributed by atoms with Crippen molar-refractivity contribution in [2.45, 2.75) is 18.6 Å². The van der Waals surface area contributed by atoms with Gasteiger partial charge in [0.2, 0.25) is 5.91 Å². The summed E-state index contributed by atoms with van der Waals surface area (Å²) in [6, 6.07) is 18.0. The molecule has 0 aliphatic carbocycles. The zero-order valence-electron chi connectivity index (χ0n) is 16.3. The third-order valence-corrected chi connectivity index (χ3v) is 5.75. The van der Waals surface area contributed by atoms with E-state index in [0.717, 1.165) is 27.7 Å². The fourth-order valence-corrected chi connectivity index (χ4v) is 4.12. The minimum atomic E-state index is -0.357. The highest BCUT2D eigenvalue weighted by Gasteiger charge is 2.30. The van der Waals surface area contributed by atoms with Crippen molar-refractivity contribution in [3.63, 3.8) is 0 Å². The summed E-state index contributed by atoms with van der Waals surface area (Å²) in [6.07, 6.45) is 2.13. The Labute approximate surface area is 177 Å². The molecule has 2 heterocycles. The smallest absolute Gasteiger partial charge is 0.302 e. The van der Waals surface area contributed by atoms with Gasteiger partial charge in [0.25, 0.3) is 0 Å². The van der Waals surface area contributed by atoms with Crippen LogP contribution in [0.5, 0.6) is 0 Å². The van der Waals surface area contributed by atoms with Gasteiger partial charge in [0.05, 0.1) is 23.8 Å². The highest BCUT2D eigenvalue weighted by molar-refractivity contribution is 8.15. The fourth-order valence-electron chi connectivity index (χ4n) is 3.22. The second kappa shape index (κ2) is 8.96. The monoisotopic (exact) mass is 420 g/mol. The van der Waals surface area contributed by atoms with Crippen LogP contribution in [0.1, 0.15) is 18.9 Å². The number of para-hydroxylation sites is 1. The third-order valence-electron chi connectivity index (χ3n) is 4.61. The zero-order valence-corrected chi connectivity index (χ0v) is 17.1. The van der Waals surface area contributed by atoms with Gasteiger partial charge in [-0.1, -0.05) is 60.3 Å². The second-order valence-corrected chi connectivity index (χ2v) is 7.89. The molecule has 1 saturated heterocycles. The van der Waals surface area contributed by atoms with Crippen LogP contribution in [0, 0.1) is 0 Å². The normalized spacial score (nSPS) is 17.7. The Morgan fingerprint density at radius 3 is 2.73 bits per heavy atom. The van der Waals surface area contributed by atoms with E-state index in [-0.39, 0.29) is 23.7 Å². The highest BCUT2D eigenvalue weighted by atomic mass is 32.2. The molecule has 1 fully saturated rings. The lowest BCUT2D eigenvalue weighted by Gasteiger charge is -2.04. The number of carbonyl (C=O) groups is 2. The summed E-state index contributed by atoms with van der Waals surface area (Å²) in [6.45, 7) is 1.55. The van der Waals surface area contributed by atoms with Gasteiger partial charge in [0, 0.05) is 29.8 Å². The molecular formula is C22H20N4O3S. The lowest BCUT2D eigenvalue weighted by atomic mass is 10.1. The number of hydrogen-bond acceptors (Lipinski definition) is 6. The first-order valence-corrected chi connectivity index (χ1v) is 10.4. The number of amides is 1. The molecule has 2 aromatic carbocycles. The molecule has 1 aliphatic heterocycles. The number of nitrogens with zero attached hydrogens (tertiary/aromatic N) is 2. The Balaban J connectivity index is 1.54. The van der Waals surface area contributed by atoms with Gasteiger partial charge >= 0.3 is 5.97 Å². The van der Waals surface area contributed by atoms with Crippen molar-refractivity contribution in [1.82, 2.24) is 10.3 Å². The van der Waals surface area contributed by atoms with E-state index in [1.165, 1.54) is 18.7 Å². The van der Waals surface area contributed by atoms with E-state index in [1.807, 2.05) is 54.6 Å². The molecule has 1 amide bonds. The van der Waals surface area contributed by atoms with Crippen LogP contribution in [0.2, 0.25) is 0 Å². The van der Waals surface area contributed by atoms with Crippen LogP contribution in [0.25, 0.3) is 22.2 Å². The molecule has 0 radical (unpaired) electrons. The molecule has 1 unspecified atom stereocenters. The summed E-state index contributed by atoms with van der Waals surface area (Å²) in [5.41, 5.74) is 3.96. The number of amidine groups is 1. The van der Waals surface area contributed by atoms with Crippen molar-refractivity contribution < 1.29 is 14.3 Å². The largest absolute Gasteiger partial charge is 0.466 e. The Kier molecular flexibility index (Phi) is 5.94. The maximum atomic E-state index is 12.1. The SMILES string of the molecule is CC(=O)OCCC1S/C(=N\N=C\c2c(-c3ccccc3)[nH]c3ccccc23)NC1=O. The number of H-pyrrole nitrogens is 1. The summed E-state index contributed by atoms with van der Waals surface area (Å²) < 4.78 is 4.91. The Bertz CT molecular complexity index is 1140. The lowest BCUT2D eigenvalue weighted by Crippen LogP contribution is -2.25. The van der Waals surface area contributed by atoms with Gasteiger partial charge in [0.15, 0.2) is 5.17 Å². The number of ether oxygens (including phenoxy) is 1. The van der Waals surface area contributed by atoms with E-state index in [0.29, 0.717) is 11.6 Å². The zero-order chi connectivity index (χ0) is 20.9. The van der Waals surface area contributed by atoms with Gasteiger partial charge in [0.1, 0.15) is 0 Å². The molecule has 3 aromatic rings. The second-order valence-electron chi connectivity index (χ2n) is 6.70. The number of esters is 1. The first-order chi connectivity index (χ1) is 14.6. The van der Waals surface area contributed by atoms with Gasteiger partial charge in [-0.05, 0) is 11.6 Å². The van der Waals surface area contributed by atoms with Crippen molar-refractivity contribution >= 4 is 45.9 Å². The Hall–Kier alpha value is -3.39. The molecule has 2 N–H and O–H groups in total. The minimum Gasteiger partial charge on any atom is -0.466 e. The molecule has 8 heteroatoms. The highest BCUT2D eigenvalue weighted by Crippen LogP contribution is 2.29. The molecule has 1 atom stereocenters. The third kappa shape index (κ3) is 4.44. The predicted octanol–water partition coefficient (Wildman–Crippen LogP) is 3.71. The number of fused-ring (bicyclic) bond motifs is 1. The van der Waals surface area contributed by atoms with Crippen LogP contribution in [0.15, 0.2) is 64.8 Å². The Morgan fingerprint density at radius 1 is 1.17 bits per heavy atom. The first kappa shape index (κ1) is 19.9. The molecule has 4 rings (SSSR count). The predicted molar refractivity (Wildman–Crippen MR) is 120 cm³/mol.